The SMILES string of the molecule is CC(C)(C)c1nc(N(C(=O)O)C(=O)O)c2c(-c3ccc4c(c3)CCN4C(=O)Cc3cc(F)ccc3F)c(C(C)(C)C)oc2c1CCNC(=O)OCc1ccccc1. The molecule has 1 aliphatic heterocycles. The van der Waals surface area contributed by atoms with Crippen molar-refractivity contribution in [3.8, 4) is 11.1 Å². The number of ether oxygens (including phenoxy) is 1. The van der Waals surface area contributed by atoms with Gasteiger partial charge in [-0.05, 0) is 59.9 Å². The summed E-state index contributed by atoms with van der Waals surface area (Å²) < 4.78 is 40.4. The number of furan rings is 1. The molecule has 14 heteroatoms. The number of alkyl carbamates (subject to hydrolysis) is 1. The van der Waals surface area contributed by atoms with Gasteiger partial charge in [0.25, 0.3) is 0 Å². The van der Waals surface area contributed by atoms with Crippen molar-refractivity contribution in [3.05, 3.63) is 112 Å². The smallest absolute Gasteiger partial charge is 0.422 e. The van der Waals surface area contributed by atoms with Gasteiger partial charge in [0.1, 0.15) is 29.6 Å². The summed E-state index contributed by atoms with van der Waals surface area (Å²) >= 11 is 0. The Hall–Kier alpha value is -6.31. The third kappa shape index (κ3) is 8.44. The van der Waals surface area contributed by atoms with Gasteiger partial charge >= 0.3 is 18.3 Å². The minimum Gasteiger partial charge on any atom is -0.464 e. The molecule has 0 aliphatic carbocycles. The number of hydrogen-bond donors (Lipinski definition) is 3. The van der Waals surface area contributed by atoms with Gasteiger partial charge in [-0.1, -0.05) is 77.9 Å². The number of anilines is 2. The van der Waals surface area contributed by atoms with E-state index in [1.54, 1.807) is 12.1 Å². The molecule has 57 heavy (non-hydrogen) atoms. The molecule has 0 unspecified atom stereocenters. The van der Waals surface area contributed by atoms with Gasteiger partial charge in [0.2, 0.25) is 5.91 Å². The zero-order chi connectivity index (χ0) is 41.4. The molecule has 0 atom stereocenters. The van der Waals surface area contributed by atoms with Gasteiger partial charge in [0.15, 0.2) is 5.82 Å². The maximum absolute atomic E-state index is 14.4. The number of hydrogen-bond acceptors (Lipinski definition) is 7. The maximum atomic E-state index is 14.4. The van der Waals surface area contributed by atoms with Crippen LogP contribution >= 0.6 is 0 Å². The zero-order valence-corrected chi connectivity index (χ0v) is 32.5. The highest BCUT2D eigenvalue weighted by atomic mass is 19.1. The summed E-state index contributed by atoms with van der Waals surface area (Å²) in [5.41, 5.74) is 2.72. The van der Waals surface area contributed by atoms with E-state index in [0.29, 0.717) is 40.3 Å². The Morgan fingerprint density at radius 1 is 0.930 bits per heavy atom. The molecule has 0 saturated heterocycles. The normalized spacial score (nSPS) is 12.7. The van der Waals surface area contributed by atoms with E-state index in [0.717, 1.165) is 29.3 Å². The van der Waals surface area contributed by atoms with Crippen molar-refractivity contribution in [2.24, 2.45) is 0 Å². The van der Waals surface area contributed by atoms with Gasteiger partial charge in [-0.3, -0.25) is 4.79 Å². The molecule has 4 amide bonds. The maximum Gasteiger partial charge on any atom is 0.422 e. The highest BCUT2D eigenvalue weighted by Crippen LogP contribution is 2.48. The Morgan fingerprint density at radius 2 is 1.63 bits per heavy atom. The Balaban J connectivity index is 1.46. The zero-order valence-electron chi connectivity index (χ0n) is 32.5. The molecule has 0 fully saturated rings. The minimum atomic E-state index is -1.77. The number of aromatic nitrogens is 1. The van der Waals surface area contributed by atoms with Crippen molar-refractivity contribution in [1.82, 2.24) is 10.3 Å². The Bertz CT molecular complexity index is 2370. The van der Waals surface area contributed by atoms with Crippen LogP contribution in [0.1, 0.15) is 75.3 Å². The average Bonchev–Trinajstić information content (AvgIpc) is 3.75. The number of halogens is 2. The summed E-state index contributed by atoms with van der Waals surface area (Å²) in [7, 11) is 0. The van der Waals surface area contributed by atoms with Crippen LogP contribution in [-0.2, 0) is 46.2 Å². The van der Waals surface area contributed by atoms with Crippen LogP contribution in [0.4, 0.5) is 34.7 Å². The lowest BCUT2D eigenvalue weighted by molar-refractivity contribution is -0.117. The van der Waals surface area contributed by atoms with E-state index in [9.17, 15) is 38.2 Å². The molecule has 0 bridgehead atoms. The number of fused-ring (bicyclic) bond motifs is 2. The molecule has 3 N–H and O–H groups in total. The van der Waals surface area contributed by atoms with Crippen LogP contribution < -0.4 is 15.1 Å². The summed E-state index contributed by atoms with van der Waals surface area (Å²) in [5.74, 6) is -1.70. The van der Waals surface area contributed by atoms with Gasteiger partial charge in [-0.2, -0.15) is 4.90 Å². The minimum absolute atomic E-state index is 0.0593. The molecule has 3 heterocycles. The second-order valence-electron chi connectivity index (χ2n) is 16.0. The van der Waals surface area contributed by atoms with Crippen LogP contribution in [-0.4, -0.2) is 52.5 Å². The first-order chi connectivity index (χ1) is 26.8. The Labute approximate surface area is 328 Å². The lowest BCUT2D eigenvalue weighted by Gasteiger charge is -2.25. The summed E-state index contributed by atoms with van der Waals surface area (Å²) in [4.78, 5) is 57.9. The summed E-state index contributed by atoms with van der Waals surface area (Å²) in [6.45, 7) is 11.7. The number of benzene rings is 3. The number of imide groups is 1. The van der Waals surface area contributed by atoms with Gasteiger partial charge in [-0.15, -0.1) is 0 Å². The van der Waals surface area contributed by atoms with E-state index in [4.69, 9.17) is 14.1 Å². The fraction of sp³-hybridized carbons (Fsp3) is 0.326. The first-order valence-electron chi connectivity index (χ1n) is 18.4. The fourth-order valence-corrected chi connectivity index (χ4v) is 7.09. The second kappa shape index (κ2) is 15.7. The van der Waals surface area contributed by atoms with E-state index in [2.05, 4.69) is 5.32 Å². The predicted molar refractivity (Wildman–Crippen MR) is 210 cm³/mol. The number of carbonyl (C=O) groups is 4. The van der Waals surface area contributed by atoms with Gasteiger partial charge in [0, 0.05) is 46.3 Å². The molecule has 2 aromatic heterocycles. The van der Waals surface area contributed by atoms with Crippen LogP contribution in [0.2, 0.25) is 0 Å². The second-order valence-corrected chi connectivity index (χ2v) is 16.0. The number of nitrogens with one attached hydrogen (secondary N) is 1. The van der Waals surface area contributed by atoms with Crippen molar-refractivity contribution >= 4 is 46.7 Å². The molecular weight excluding hydrogens is 738 g/mol. The van der Waals surface area contributed by atoms with Crippen molar-refractivity contribution in [2.75, 3.05) is 22.9 Å². The van der Waals surface area contributed by atoms with Crippen molar-refractivity contribution in [3.63, 3.8) is 0 Å². The monoisotopic (exact) mass is 782 g/mol. The van der Waals surface area contributed by atoms with Crippen molar-refractivity contribution in [2.45, 2.75) is 78.2 Å². The molecular formula is C43H44F2N4O8. The van der Waals surface area contributed by atoms with Crippen LogP contribution in [0, 0.1) is 11.6 Å². The predicted octanol–water partition coefficient (Wildman–Crippen LogP) is 9.13. The lowest BCUT2D eigenvalue weighted by Crippen LogP contribution is -2.36. The number of pyridine rings is 1. The number of amides is 4. The standard InChI is InChI=1S/C43H44F2N4O8/c1-42(2,3)36-29(16-18-46-39(51)56-23-24-10-8-7-9-11-24)35-34(38(47-36)49(40(52)53)41(54)55)33(37(57-35)43(4,5)6)26-12-15-31-25(20-26)17-19-48(31)32(50)22-27-21-28(44)13-14-30(27)45/h7-15,20-21H,16-19,22-23H2,1-6H3,(H,46,51)(H,52,53)(H,54,55). The lowest BCUT2D eigenvalue weighted by atomic mass is 9.84. The first kappa shape index (κ1) is 40.4. The number of carboxylic acid groups (broad SMARTS) is 2. The van der Waals surface area contributed by atoms with E-state index in [1.807, 2.05) is 77.9 Å². The third-order valence-electron chi connectivity index (χ3n) is 9.67. The number of rotatable bonds is 9. The highest BCUT2D eigenvalue weighted by molar-refractivity contribution is 6.16. The summed E-state index contributed by atoms with van der Waals surface area (Å²) in [6.07, 6.45) is -3.95. The molecule has 12 nitrogen and oxygen atoms in total. The largest absolute Gasteiger partial charge is 0.464 e. The van der Waals surface area contributed by atoms with Gasteiger partial charge in [0.05, 0.1) is 17.5 Å². The van der Waals surface area contributed by atoms with Crippen molar-refractivity contribution in [1.29, 1.82) is 0 Å². The number of carbonyl (C=O) groups excluding carboxylic acids is 2. The Kier molecular flexibility index (Phi) is 11.1. The van der Waals surface area contributed by atoms with Crippen LogP contribution in [0.5, 0.6) is 0 Å². The van der Waals surface area contributed by atoms with Crippen LogP contribution in [0.3, 0.4) is 0 Å². The van der Waals surface area contributed by atoms with Gasteiger partial charge in [-0.25, -0.2) is 28.1 Å². The highest BCUT2D eigenvalue weighted by Gasteiger charge is 2.38. The first-order valence-corrected chi connectivity index (χ1v) is 18.4. The summed E-state index contributed by atoms with van der Waals surface area (Å²) in [5, 5.41) is 23.4. The molecule has 3 aromatic carbocycles. The quantitative estimate of drug-likeness (QED) is 0.132. The molecule has 0 saturated carbocycles. The average molecular weight is 783 g/mol. The molecule has 5 aromatic rings. The third-order valence-corrected chi connectivity index (χ3v) is 9.67. The van der Waals surface area contributed by atoms with Crippen LogP contribution in [0.15, 0.2) is 71.1 Å². The van der Waals surface area contributed by atoms with Crippen molar-refractivity contribution < 1.29 is 47.3 Å². The van der Waals surface area contributed by atoms with E-state index in [-0.39, 0.29) is 59.8 Å². The van der Waals surface area contributed by atoms with E-state index in [1.165, 1.54) is 4.90 Å². The molecule has 6 rings (SSSR count). The Morgan fingerprint density at radius 3 is 2.28 bits per heavy atom. The topological polar surface area (TPSA) is 163 Å². The molecule has 1 aliphatic rings. The summed E-state index contributed by atoms with van der Waals surface area (Å²) in [6, 6.07) is 17.5. The van der Waals surface area contributed by atoms with Crippen LogP contribution in [0.25, 0.3) is 22.1 Å². The molecule has 0 radical (unpaired) electrons. The fourth-order valence-electron chi connectivity index (χ4n) is 7.09. The van der Waals surface area contributed by atoms with E-state index >= 15 is 0 Å². The number of nitrogens with zero attached hydrogens (tertiary/aromatic N) is 3. The van der Waals surface area contributed by atoms with Gasteiger partial charge < -0.3 is 29.6 Å². The molecule has 298 valence electrons. The van der Waals surface area contributed by atoms with E-state index < -0.39 is 46.7 Å². The molecule has 0 spiro atoms.